The van der Waals surface area contributed by atoms with Crippen molar-refractivity contribution in [3.8, 4) is 11.3 Å². The summed E-state index contributed by atoms with van der Waals surface area (Å²) in [7, 11) is 0. The van der Waals surface area contributed by atoms with Gasteiger partial charge in [-0.2, -0.15) is 4.99 Å². The number of hydrogen-bond donors (Lipinski definition) is 0. The molecule has 1 heterocycles. The van der Waals surface area contributed by atoms with Crippen LogP contribution in [0.1, 0.15) is 34.6 Å². The van der Waals surface area contributed by atoms with Crippen molar-refractivity contribution in [2.24, 2.45) is 4.99 Å². The Bertz CT molecular complexity index is 1150. The number of rotatable bonds is 5. The molecule has 3 aromatic rings. The summed E-state index contributed by atoms with van der Waals surface area (Å²) in [5, 5.41) is 10.9. The predicted molar refractivity (Wildman–Crippen MR) is 116 cm³/mol. The number of aromatic nitrogens is 1. The van der Waals surface area contributed by atoms with E-state index in [9.17, 15) is 14.9 Å². The maximum atomic E-state index is 12.7. The normalized spacial score (nSPS) is 11.7. The first-order chi connectivity index (χ1) is 13.8. The summed E-state index contributed by atoms with van der Waals surface area (Å²) >= 11 is 7.56. The van der Waals surface area contributed by atoms with Crippen molar-refractivity contribution in [2.75, 3.05) is 0 Å². The SMILES string of the molecule is CCc1sc(=NC(=O)c2ccc([N+](=O)[O-])cc2Cl)n(CC)c1-c1ccc(C)cc1. The van der Waals surface area contributed by atoms with Crippen LogP contribution in [0.15, 0.2) is 47.5 Å². The van der Waals surface area contributed by atoms with Crippen LogP contribution in [-0.2, 0) is 13.0 Å². The molecule has 0 aliphatic carbocycles. The summed E-state index contributed by atoms with van der Waals surface area (Å²) < 4.78 is 2.02. The van der Waals surface area contributed by atoms with Crippen molar-refractivity contribution in [3.63, 3.8) is 0 Å². The van der Waals surface area contributed by atoms with Crippen LogP contribution in [0.2, 0.25) is 5.02 Å². The van der Waals surface area contributed by atoms with Gasteiger partial charge in [0.1, 0.15) is 0 Å². The second-order valence-corrected chi connectivity index (χ2v) is 7.93. The number of carbonyl (C=O) groups is 1. The summed E-state index contributed by atoms with van der Waals surface area (Å²) in [6.45, 7) is 6.77. The summed E-state index contributed by atoms with van der Waals surface area (Å²) in [6.07, 6.45) is 0.815. The van der Waals surface area contributed by atoms with Gasteiger partial charge in [0.2, 0.25) is 0 Å². The zero-order valence-electron chi connectivity index (χ0n) is 16.3. The largest absolute Gasteiger partial charge is 0.316 e. The molecule has 1 amide bonds. The van der Waals surface area contributed by atoms with Gasteiger partial charge in [-0.25, -0.2) is 0 Å². The maximum Gasteiger partial charge on any atom is 0.281 e. The van der Waals surface area contributed by atoms with Crippen LogP contribution in [0.4, 0.5) is 5.69 Å². The molecule has 3 rings (SSSR count). The van der Waals surface area contributed by atoms with E-state index in [4.69, 9.17) is 11.6 Å². The third kappa shape index (κ3) is 4.31. The highest BCUT2D eigenvalue weighted by Crippen LogP contribution is 2.27. The molecule has 0 aliphatic heterocycles. The average Bonchev–Trinajstić information content (AvgIpc) is 3.05. The summed E-state index contributed by atoms with van der Waals surface area (Å²) in [5.41, 5.74) is 3.29. The van der Waals surface area contributed by atoms with E-state index >= 15 is 0 Å². The van der Waals surface area contributed by atoms with Crippen LogP contribution in [0.25, 0.3) is 11.3 Å². The van der Waals surface area contributed by atoms with Gasteiger partial charge in [-0.05, 0) is 31.9 Å². The Morgan fingerprint density at radius 2 is 1.90 bits per heavy atom. The Balaban J connectivity index is 2.11. The zero-order chi connectivity index (χ0) is 21.1. The van der Waals surface area contributed by atoms with Gasteiger partial charge in [0.05, 0.1) is 21.2 Å². The first kappa shape index (κ1) is 21.0. The maximum absolute atomic E-state index is 12.7. The fourth-order valence-electron chi connectivity index (χ4n) is 3.04. The number of carbonyl (C=O) groups excluding carboxylic acids is 1. The first-order valence-electron chi connectivity index (χ1n) is 9.18. The topological polar surface area (TPSA) is 77.5 Å². The lowest BCUT2D eigenvalue weighted by molar-refractivity contribution is -0.384. The van der Waals surface area contributed by atoms with E-state index in [1.165, 1.54) is 35.1 Å². The number of non-ortho nitro benzene ring substituents is 1. The molecule has 150 valence electrons. The number of benzene rings is 2. The molecule has 0 aliphatic rings. The molecule has 0 spiro atoms. The van der Waals surface area contributed by atoms with Crippen molar-refractivity contribution >= 4 is 34.5 Å². The molecule has 0 bridgehead atoms. The smallest absolute Gasteiger partial charge is 0.281 e. The predicted octanol–water partition coefficient (Wildman–Crippen LogP) is 5.41. The minimum Gasteiger partial charge on any atom is -0.316 e. The number of nitro benzene ring substituents is 1. The number of nitrogens with zero attached hydrogens (tertiary/aromatic N) is 3. The number of thiazole rings is 1. The van der Waals surface area contributed by atoms with Crippen LogP contribution in [-0.4, -0.2) is 15.4 Å². The van der Waals surface area contributed by atoms with Crippen LogP contribution in [0.3, 0.4) is 0 Å². The van der Waals surface area contributed by atoms with Crippen LogP contribution in [0.5, 0.6) is 0 Å². The molecule has 0 unspecified atom stereocenters. The monoisotopic (exact) mass is 429 g/mol. The molecule has 0 atom stereocenters. The fourth-order valence-corrected chi connectivity index (χ4v) is 4.45. The second-order valence-electron chi connectivity index (χ2n) is 6.46. The lowest BCUT2D eigenvalue weighted by Gasteiger charge is -2.09. The average molecular weight is 430 g/mol. The molecule has 2 aromatic carbocycles. The van der Waals surface area contributed by atoms with Crippen LogP contribution < -0.4 is 4.80 Å². The van der Waals surface area contributed by atoms with Crippen molar-refractivity contribution in [2.45, 2.75) is 33.7 Å². The second kappa shape index (κ2) is 8.71. The molecule has 29 heavy (non-hydrogen) atoms. The van der Waals surface area contributed by atoms with Crippen molar-refractivity contribution < 1.29 is 9.72 Å². The molecule has 0 saturated heterocycles. The lowest BCUT2D eigenvalue weighted by Crippen LogP contribution is -2.17. The van der Waals surface area contributed by atoms with Gasteiger partial charge in [0.15, 0.2) is 4.80 Å². The molecule has 0 saturated carbocycles. The van der Waals surface area contributed by atoms with E-state index in [1.807, 2.05) is 18.4 Å². The summed E-state index contributed by atoms with van der Waals surface area (Å²) in [5.74, 6) is -0.522. The van der Waals surface area contributed by atoms with E-state index in [1.54, 1.807) is 0 Å². The van der Waals surface area contributed by atoms with Gasteiger partial charge in [-0.3, -0.25) is 14.9 Å². The molecule has 0 N–H and O–H groups in total. The Morgan fingerprint density at radius 3 is 2.45 bits per heavy atom. The first-order valence-corrected chi connectivity index (χ1v) is 10.4. The van der Waals surface area contributed by atoms with E-state index in [0.29, 0.717) is 11.3 Å². The van der Waals surface area contributed by atoms with Gasteiger partial charge in [0.25, 0.3) is 11.6 Å². The molecule has 0 fully saturated rings. The Hall–Kier alpha value is -2.77. The standard InChI is InChI=1S/C21H20ClN3O3S/c1-4-18-19(14-8-6-13(3)7-9-14)24(5-2)21(29-18)23-20(26)16-11-10-15(25(27)28)12-17(16)22/h6-12H,4-5H2,1-3H3. The molecule has 6 nitrogen and oxygen atoms in total. The number of nitro groups is 1. The van der Waals surface area contributed by atoms with Gasteiger partial charge >= 0.3 is 0 Å². The number of hydrogen-bond acceptors (Lipinski definition) is 4. The minimum absolute atomic E-state index is 0.0158. The van der Waals surface area contributed by atoms with Crippen LogP contribution >= 0.6 is 22.9 Å². The zero-order valence-corrected chi connectivity index (χ0v) is 17.9. The van der Waals surface area contributed by atoms with Gasteiger partial charge < -0.3 is 4.57 Å². The Morgan fingerprint density at radius 1 is 1.21 bits per heavy atom. The van der Waals surface area contributed by atoms with E-state index in [0.717, 1.165) is 22.6 Å². The third-order valence-corrected chi connectivity index (χ3v) is 6.07. The van der Waals surface area contributed by atoms with Gasteiger partial charge in [0, 0.05) is 23.6 Å². The summed E-state index contributed by atoms with van der Waals surface area (Å²) in [4.78, 5) is 29.1. The van der Waals surface area contributed by atoms with Gasteiger partial charge in [-0.15, -0.1) is 11.3 Å². The van der Waals surface area contributed by atoms with Crippen LogP contribution in [0, 0.1) is 17.0 Å². The highest BCUT2D eigenvalue weighted by atomic mass is 35.5. The third-order valence-electron chi connectivity index (χ3n) is 4.53. The minimum atomic E-state index is -0.553. The number of aryl methyl sites for hydroxylation is 2. The quantitative estimate of drug-likeness (QED) is 0.401. The molecular formula is C21H20ClN3O3S. The van der Waals surface area contributed by atoms with Crippen molar-refractivity contribution in [1.82, 2.24) is 4.57 Å². The van der Waals surface area contributed by atoms with Crippen molar-refractivity contribution in [1.29, 1.82) is 0 Å². The molecule has 0 radical (unpaired) electrons. The highest BCUT2D eigenvalue weighted by Gasteiger charge is 2.17. The fraction of sp³-hybridized carbons (Fsp3) is 0.238. The Kier molecular flexibility index (Phi) is 6.30. The Labute approximate surface area is 177 Å². The van der Waals surface area contributed by atoms with E-state index in [-0.39, 0.29) is 16.3 Å². The number of halogens is 1. The van der Waals surface area contributed by atoms with E-state index < -0.39 is 10.8 Å². The van der Waals surface area contributed by atoms with Crippen molar-refractivity contribution in [3.05, 3.63) is 78.4 Å². The lowest BCUT2D eigenvalue weighted by atomic mass is 10.1. The number of amides is 1. The molecular weight excluding hydrogens is 410 g/mol. The highest BCUT2D eigenvalue weighted by molar-refractivity contribution is 7.09. The van der Waals surface area contributed by atoms with E-state index in [2.05, 4.69) is 36.2 Å². The van der Waals surface area contributed by atoms with Gasteiger partial charge in [-0.1, -0.05) is 48.4 Å². The molecule has 1 aromatic heterocycles. The molecule has 8 heteroatoms. The summed E-state index contributed by atoms with van der Waals surface area (Å²) in [6, 6.07) is 12.0.